The van der Waals surface area contributed by atoms with E-state index in [1.165, 1.54) is 24.1 Å². The van der Waals surface area contributed by atoms with Crippen molar-refractivity contribution in [3.63, 3.8) is 0 Å². The summed E-state index contributed by atoms with van der Waals surface area (Å²) in [4.78, 5) is 13.1. The smallest absolute Gasteiger partial charge is 0.193 e. The molecule has 1 aliphatic rings. The molecule has 0 bridgehead atoms. The summed E-state index contributed by atoms with van der Waals surface area (Å²) in [6.45, 7) is 7.54. The normalized spacial score (nSPS) is 17.2. The maximum Gasteiger partial charge on any atom is 0.193 e. The Bertz CT molecular complexity index is 797. The molecule has 1 atom stereocenters. The molecule has 1 aromatic carbocycles. The van der Waals surface area contributed by atoms with Crippen molar-refractivity contribution in [2.45, 2.75) is 59.4 Å². The first-order chi connectivity index (χ1) is 11.2. The van der Waals surface area contributed by atoms with Gasteiger partial charge in [-0.05, 0) is 49.8 Å². The quantitative estimate of drug-likeness (QED) is 0.746. The fourth-order valence-corrected chi connectivity index (χ4v) is 4.05. The van der Waals surface area contributed by atoms with Crippen LogP contribution in [-0.4, -0.2) is 4.57 Å². The van der Waals surface area contributed by atoms with E-state index in [0.29, 0.717) is 5.92 Å². The minimum atomic E-state index is 0.253. The van der Waals surface area contributed by atoms with Crippen LogP contribution in [0, 0.1) is 5.92 Å². The van der Waals surface area contributed by atoms with Crippen molar-refractivity contribution in [3.05, 3.63) is 51.8 Å². The molecule has 1 heterocycles. The molecule has 2 aromatic rings. The minimum absolute atomic E-state index is 0.253. The summed E-state index contributed by atoms with van der Waals surface area (Å²) in [5, 5.41) is 0.876. The molecule has 0 fully saturated rings. The lowest BCUT2D eigenvalue weighted by atomic mass is 9.82. The first kappa shape index (κ1) is 16.0. The number of aromatic nitrogens is 1. The molecular weight excluding hydrogens is 282 g/mol. The van der Waals surface area contributed by atoms with Gasteiger partial charge in [0.15, 0.2) is 5.43 Å². The number of hydrogen-bond donors (Lipinski definition) is 0. The average molecular weight is 309 g/mol. The van der Waals surface area contributed by atoms with Crippen molar-refractivity contribution in [1.29, 1.82) is 0 Å². The molecule has 1 aromatic heterocycles. The summed E-state index contributed by atoms with van der Waals surface area (Å²) in [6, 6.07) is 8.08. The van der Waals surface area contributed by atoms with E-state index in [1.807, 2.05) is 18.2 Å². The molecule has 3 rings (SSSR count). The highest BCUT2D eigenvalue weighted by molar-refractivity contribution is 5.84. The van der Waals surface area contributed by atoms with Crippen LogP contribution in [0.25, 0.3) is 16.5 Å². The maximum absolute atomic E-state index is 13.1. The molecule has 122 valence electrons. The molecule has 2 nitrogen and oxygen atoms in total. The van der Waals surface area contributed by atoms with E-state index in [9.17, 15) is 4.79 Å². The van der Waals surface area contributed by atoms with Gasteiger partial charge in [0.05, 0.1) is 11.2 Å². The summed E-state index contributed by atoms with van der Waals surface area (Å²) in [5.74, 6) is 0.521. The molecule has 0 aliphatic heterocycles. The number of nitrogens with zero attached hydrogens (tertiary/aromatic N) is 1. The van der Waals surface area contributed by atoms with Gasteiger partial charge in [0.2, 0.25) is 0 Å². The largest absolute Gasteiger partial charge is 0.341 e. The van der Waals surface area contributed by atoms with Gasteiger partial charge in [-0.1, -0.05) is 44.9 Å². The van der Waals surface area contributed by atoms with Crippen molar-refractivity contribution in [2.24, 2.45) is 5.92 Å². The molecule has 0 saturated carbocycles. The molecule has 2 heteroatoms. The highest BCUT2D eigenvalue weighted by Gasteiger charge is 2.25. The molecule has 1 unspecified atom stereocenters. The van der Waals surface area contributed by atoms with Crippen LogP contribution in [0.1, 0.15) is 57.7 Å². The Hall–Kier alpha value is -1.83. The van der Waals surface area contributed by atoms with Gasteiger partial charge < -0.3 is 4.57 Å². The average Bonchev–Trinajstić information content (AvgIpc) is 2.57. The van der Waals surface area contributed by atoms with Crippen LogP contribution in [0.2, 0.25) is 0 Å². The van der Waals surface area contributed by atoms with Crippen molar-refractivity contribution >= 4 is 16.5 Å². The predicted octanol–water partition coefficient (Wildman–Crippen LogP) is 5.18. The molecule has 0 radical (unpaired) electrons. The highest BCUT2D eigenvalue weighted by atomic mass is 16.1. The third-order valence-electron chi connectivity index (χ3n) is 4.97. The summed E-state index contributed by atoms with van der Waals surface area (Å²) in [6.07, 6.45) is 7.88. The lowest BCUT2D eigenvalue weighted by molar-refractivity contribution is 0.562. The lowest BCUT2D eigenvalue weighted by Crippen LogP contribution is -2.25. The molecule has 0 spiro atoms. The second-order valence-corrected chi connectivity index (χ2v) is 6.61. The fourth-order valence-electron chi connectivity index (χ4n) is 4.05. The minimum Gasteiger partial charge on any atom is -0.341 e. The predicted molar refractivity (Wildman–Crippen MR) is 98.9 cm³/mol. The van der Waals surface area contributed by atoms with E-state index in [0.717, 1.165) is 42.3 Å². The number of aryl methyl sites for hydroxylation is 1. The topological polar surface area (TPSA) is 22.0 Å². The van der Waals surface area contributed by atoms with Crippen LogP contribution in [-0.2, 0) is 13.0 Å². The van der Waals surface area contributed by atoms with E-state index in [-0.39, 0.29) is 5.43 Å². The van der Waals surface area contributed by atoms with Gasteiger partial charge in [-0.25, -0.2) is 0 Å². The number of para-hydroxylation sites is 1. The van der Waals surface area contributed by atoms with Gasteiger partial charge in [-0.3, -0.25) is 4.79 Å². The number of fused-ring (bicyclic) bond motifs is 2. The van der Waals surface area contributed by atoms with Crippen molar-refractivity contribution < 1.29 is 0 Å². The molecule has 1 aliphatic carbocycles. The number of allylic oxidation sites excluding steroid dienone is 2. The number of hydrogen-bond acceptors (Lipinski definition) is 1. The van der Waals surface area contributed by atoms with E-state index < -0.39 is 0 Å². The van der Waals surface area contributed by atoms with E-state index >= 15 is 0 Å². The summed E-state index contributed by atoms with van der Waals surface area (Å²) < 4.78 is 2.36. The zero-order valence-corrected chi connectivity index (χ0v) is 14.6. The van der Waals surface area contributed by atoms with Gasteiger partial charge in [0.1, 0.15) is 0 Å². The molecule has 0 N–H and O–H groups in total. The zero-order chi connectivity index (χ0) is 16.4. The highest BCUT2D eigenvalue weighted by Crippen LogP contribution is 2.34. The summed E-state index contributed by atoms with van der Waals surface area (Å²) in [5.41, 5.74) is 4.98. The van der Waals surface area contributed by atoms with Crippen LogP contribution in [0.5, 0.6) is 0 Å². The van der Waals surface area contributed by atoms with Gasteiger partial charge in [-0.2, -0.15) is 0 Å². The van der Waals surface area contributed by atoms with E-state index in [4.69, 9.17) is 0 Å². The molecule has 0 amide bonds. The van der Waals surface area contributed by atoms with Gasteiger partial charge >= 0.3 is 0 Å². The standard InChI is InChI=1S/C21H27NO/c1-4-9-15-13-16(10-5-2)20-18(14-15)21(23)17-11-7-8-12-19(17)22(20)6-3/h7-8,11-13,15H,4-6,9-10,14H2,1-3H3. The first-order valence-corrected chi connectivity index (χ1v) is 9.06. The summed E-state index contributed by atoms with van der Waals surface area (Å²) in [7, 11) is 0. The Morgan fingerprint density at radius 1 is 1.13 bits per heavy atom. The first-order valence-electron chi connectivity index (χ1n) is 9.06. The lowest BCUT2D eigenvalue weighted by Gasteiger charge is -2.28. The number of benzene rings is 1. The van der Waals surface area contributed by atoms with Crippen LogP contribution in [0.3, 0.4) is 0 Å². The Morgan fingerprint density at radius 3 is 2.61 bits per heavy atom. The number of pyridine rings is 1. The third-order valence-corrected chi connectivity index (χ3v) is 4.97. The van der Waals surface area contributed by atoms with Crippen molar-refractivity contribution in [1.82, 2.24) is 4.57 Å². The molecule has 0 saturated heterocycles. The fraction of sp³-hybridized carbons (Fsp3) is 0.476. The number of rotatable bonds is 5. The van der Waals surface area contributed by atoms with Crippen molar-refractivity contribution in [2.75, 3.05) is 0 Å². The van der Waals surface area contributed by atoms with E-state index in [1.54, 1.807) is 0 Å². The molecular formula is C21H27NO. The van der Waals surface area contributed by atoms with Crippen LogP contribution in [0.15, 0.2) is 35.1 Å². The van der Waals surface area contributed by atoms with Gasteiger partial charge in [-0.15, -0.1) is 0 Å². The zero-order valence-electron chi connectivity index (χ0n) is 14.6. The Kier molecular flexibility index (Phi) is 4.70. The SMILES string of the molecule is CCCC1=CC(CCC)Cc2c1n(CC)c1ccccc1c2=O. The van der Waals surface area contributed by atoms with Crippen LogP contribution < -0.4 is 5.43 Å². The second kappa shape index (κ2) is 6.74. The third kappa shape index (κ3) is 2.75. The summed E-state index contributed by atoms with van der Waals surface area (Å²) >= 11 is 0. The Balaban J connectivity index is 2.31. The van der Waals surface area contributed by atoms with Gasteiger partial charge in [0, 0.05) is 17.5 Å². The second-order valence-electron chi connectivity index (χ2n) is 6.61. The van der Waals surface area contributed by atoms with Crippen LogP contribution in [0.4, 0.5) is 0 Å². The van der Waals surface area contributed by atoms with E-state index in [2.05, 4.69) is 37.5 Å². The monoisotopic (exact) mass is 309 g/mol. The Labute approximate surface area is 138 Å². The maximum atomic E-state index is 13.1. The van der Waals surface area contributed by atoms with Crippen LogP contribution >= 0.6 is 0 Å². The van der Waals surface area contributed by atoms with Gasteiger partial charge in [0.25, 0.3) is 0 Å². The Morgan fingerprint density at radius 2 is 1.91 bits per heavy atom. The van der Waals surface area contributed by atoms with Crippen molar-refractivity contribution in [3.8, 4) is 0 Å². The molecule has 23 heavy (non-hydrogen) atoms.